The molecule has 1 rings (SSSR count). The van der Waals surface area contributed by atoms with Gasteiger partial charge >= 0.3 is 10.1 Å². The molecule has 0 spiro atoms. The van der Waals surface area contributed by atoms with Crippen LogP contribution in [0.5, 0.6) is 5.75 Å². The molecule has 0 fully saturated rings. The molecule has 0 aliphatic carbocycles. The van der Waals surface area contributed by atoms with E-state index in [4.69, 9.17) is 4.18 Å². The molecule has 0 radical (unpaired) electrons. The lowest BCUT2D eigenvalue weighted by molar-refractivity contribution is -0.132. The third kappa shape index (κ3) is 6.93. The Morgan fingerprint density at radius 3 is 2.55 bits per heavy atom. The second-order valence-corrected chi connectivity index (χ2v) is 7.43. The van der Waals surface area contributed by atoms with Crippen molar-refractivity contribution in [3.63, 3.8) is 0 Å². The van der Waals surface area contributed by atoms with E-state index in [0.717, 1.165) is 18.2 Å². The molecule has 0 bridgehead atoms. The van der Waals surface area contributed by atoms with Gasteiger partial charge in [-0.25, -0.2) is 0 Å². The highest BCUT2D eigenvalue weighted by Crippen LogP contribution is 2.17. The predicted molar refractivity (Wildman–Crippen MR) is 87.1 cm³/mol. The lowest BCUT2D eigenvalue weighted by Gasteiger charge is -2.25. The Morgan fingerprint density at radius 2 is 2.00 bits per heavy atom. The molecule has 0 aromatic heterocycles. The van der Waals surface area contributed by atoms with Gasteiger partial charge < -0.3 is 9.08 Å². The normalized spacial score (nSPS) is 11.5. The van der Waals surface area contributed by atoms with Crippen LogP contribution in [0, 0.1) is 5.92 Å². The lowest BCUT2D eigenvalue weighted by atomic mass is 10.1. The Morgan fingerprint density at radius 1 is 1.32 bits per heavy atom. The Bertz CT molecular complexity index is 596. The van der Waals surface area contributed by atoms with Gasteiger partial charge in [0.1, 0.15) is 5.75 Å². The summed E-state index contributed by atoms with van der Waals surface area (Å²) in [6.07, 6.45) is 2.34. The van der Waals surface area contributed by atoms with Crippen molar-refractivity contribution in [1.29, 1.82) is 0 Å². The Balaban J connectivity index is 2.88. The van der Waals surface area contributed by atoms with Crippen molar-refractivity contribution in [1.82, 2.24) is 4.90 Å². The quantitative estimate of drug-likeness (QED) is 0.689. The fraction of sp³-hybridized carbons (Fsp3) is 0.562. The first-order chi connectivity index (χ1) is 10.2. The van der Waals surface area contributed by atoms with Gasteiger partial charge in [-0.15, -0.1) is 0 Å². The predicted octanol–water partition coefficient (Wildman–Crippen LogP) is 2.81. The molecule has 0 unspecified atom stereocenters. The molecule has 0 atom stereocenters. The minimum atomic E-state index is -3.55. The van der Waals surface area contributed by atoms with Crippen molar-refractivity contribution in [2.24, 2.45) is 5.92 Å². The van der Waals surface area contributed by atoms with Gasteiger partial charge in [0.05, 0.1) is 6.26 Å². The van der Waals surface area contributed by atoms with Crippen LogP contribution in [0.2, 0.25) is 0 Å². The molecule has 1 aromatic rings. The molecule has 22 heavy (non-hydrogen) atoms. The van der Waals surface area contributed by atoms with Crippen molar-refractivity contribution < 1.29 is 17.4 Å². The molecule has 0 heterocycles. The molecule has 124 valence electrons. The molecule has 0 aliphatic heterocycles. The van der Waals surface area contributed by atoms with Gasteiger partial charge in [0.25, 0.3) is 0 Å². The third-order valence-electron chi connectivity index (χ3n) is 2.92. The summed E-state index contributed by atoms with van der Waals surface area (Å²) in [4.78, 5) is 14.0. The van der Waals surface area contributed by atoms with E-state index in [1.807, 2.05) is 17.9 Å². The van der Waals surface area contributed by atoms with Crippen LogP contribution in [0.3, 0.4) is 0 Å². The maximum atomic E-state index is 12.2. The van der Waals surface area contributed by atoms with Crippen LogP contribution in [0.1, 0.15) is 39.2 Å². The van der Waals surface area contributed by atoms with Crippen molar-refractivity contribution >= 4 is 16.0 Å². The first-order valence-corrected chi connectivity index (χ1v) is 9.29. The van der Waals surface area contributed by atoms with E-state index in [0.29, 0.717) is 25.4 Å². The van der Waals surface area contributed by atoms with E-state index < -0.39 is 10.1 Å². The largest absolute Gasteiger partial charge is 0.383 e. The Hall–Kier alpha value is -1.56. The van der Waals surface area contributed by atoms with Crippen LogP contribution in [0.15, 0.2) is 24.3 Å². The van der Waals surface area contributed by atoms with Crippen LogP contribution >= 0.6 is 0 Å². The third-order valence-corrected chi connectivity index (χ3v) is 3.42. The first kappa shape index (κ1) is 18.5. The molecular formula is C16H25NO4S. The molecule has 0 saturated heterocycles. The van der Waals surface area contributed by atoms with E-state index in [9.17, 15) is 13.2 Å². The first-order valence-electron chi connectivity index (χ1n) is 7.47. The second kappa shape index (κ2) is 8.17. The molecular weight excluding hydrogens is 302 g/mol. The van der Waals surface area contributed by atoms with Crippen LogP contribution < -0.4 is 4.18 Å². The number of hydrogen-bond acceptors (Lipinski definition) is 4. The van der Waals surface area contributed by atoms with Crippen molar-refractivity contribution in [2.45, 2.75) is 40.2 Å². The topological polar surface area (TPSA) is 63.7 Å². The molecule has 0 aliphatic rings. The van der Waals surface area contributed by atoms with Crippen molar-refractivity contribution in [3.8, 4) is 5.75 Å². The monoisotopic (exact) mass is 327 g/mol. The number of rotatable bonds is 8. The molecule has 1 amide bonds. The average Bonchev–Trinajstić information content (AvgIpc) is 2.36. The fourth-order valence-electron chi connectivity index (χ4n) is 2.16. The molecule has 6 heteroatoms. The highest BCUT2D eigenvalue weighted by molar-refractivity contribution is 7.86. The zero-order valence-corrected chi connectivity index (χ0v) is 14.5. The van der Waals surface area contributed by atoms with E-state index in [-0.39, 0.29) is 11.7 Å². The maximum absolute atomic E-state index is 12.2. The van der Waals surface area contributed by atoms with E-state index in [1.165, 1.54) is 0 Å². The smallest absolute Gasteiger partial charge is 0.306 e. The van der Waals surface area contributed by atoms with Crippen LogP contribution in [0.4, 0.5) is 0 Å². The molecule has 1 aromatic carbocycles. The number of carbonyl (C=O) groups excluding carboxylic acids is 1. The second-order valence-electron chi connectivity index (χ2n) is 5.85. The van der Waals surface area contributed by atoms with Crippen LogP contribution in [-0.4, -0.2) is 32.0 Å². The summed E-state index contributed by atoms with van der Waals surface area (Å²) < 4.78 is 27.3. The highest BCUT2D eigenvalue weighted by atomic mass is 32.2. The lowest BCUT2D eigenvalue weighted by Crippen LogP contribution is -2.33. The minimum Gasteiger partial charge on any atom is -0.383 e. The Kier molecular flexibility index (Phi) is 6.87. The minimum absolute atomic E-state index is 0.116. The number of nitrogens with zero attached hydrogens (tertiary/aromatic N) is 1. The molecule has 0 saturated carbocycles. The van der Waals surface area contributed by atoms with Crippen LogP contribution in [-0.2, 0) is 21.5 Å². The summed E-state index contributed by atoms with van der Waals surface area (Å²) in [6.45, 7) is 7.24. The summed E-state index contributed by atoms with van der Waals surface area (Å²) in [7, 11) is -3.55. The van der Waals surface area contributed by atoms with Gasteiger partial charge in [-0.1, -0.05) is 32.9 Å². The summed E-state index contributed by atoms with van der Waals surface area (Å²) >= 11 is 0. The maximum Gasteiger partial charge on any atom is 0.306 e. The van der Waals surface area contributed by atoms with Gasteiger partial charge in [0.2, 0.25) is 5.91 Å². The molecule has 5 nitrogen and oxygen atoms in total. The van der Waals surface area contributed by atoms with Crippen molar-refractivity contribution in [3.05, 3.63) is 29.8 Å². The SMILES string of the molecule is CCCC(=O)N(Cc1cccc(OS(C)(=O)=O)c1)CC(C)C. The van der Waals surface area contributed by atoms with Gasteiger partial charge in [-0.3, -0.25) is 4.79 Å². The summed E-state index contributed by atoms with van der Waals surface area (Å²) in [6, 6.07) is 6.84. The molecule has 0 N–H and O–H groups in total. The van der Waals surface area contributed by atoms with E-state index in [2.05, 4.69) is 13.8 Å². The van der Waals surface area contributed by atoms with Gasteiger partial charge in [0.15, 0.2) is 0 Å². The zero-order valence-electron chi connectivity index (χ0n) is 13.7. The highest BCUT2D eigenvalue weighted by Gasteiger charge is 2.15. The van der Waals surface area contributed by atoms with E-state index >= 15 is 0 Å². The van der Waals surface area contributed by atoms with Gasteiger partial charge in [0, 0.05) is 19.5 Å². The van der Waals surface area contributed by atoms with Gasteiger partial charge in [-0.2, -0.15) is 8.42 Å². The summed E-state index contributed by atoms with van der Waals surface area (Å²) in [5.74, 6) is 0.759. The number of carbonyl (C=O) groups is 1. The average molecular weight is 327 g/mol. The van der Waals surface area contributed by atoms with Crippen molar-refractivity contribution in [2.75, 3.05) is 12.8 Å². The number of benzene rings is 1. The number of hydrogen-bond donors (Lipinski definition) is 0. The Labute approximate surface area is 133 Å². The fourth-order valence-corrected chi connectivity index (χ4v) is 2.61. The van der Waals surface area contributed by atoms with Gasteiger partial charge in [-0.05, 0) is 30.0 Å². The van der Waals surface area contributed by atoms with E-state index in [1.54, 1.807) is 18.2 Å². The zero-order chi connectivity index (χ0) is 16.8. The summed E-state index contributed by atoms with van der Waals surface area (Å²) in [5.41, 5.74) is 0.853. The standard InChI is InChI=1S/C16H25NO4S/c1-5-7-16(18)17(11-13(2)3)12-14-8-6-9-15(10-14)21-22(4,19)20/h6,8-10,13H,5,7,11-12H2,1-4H3. The summed E-state index contributed by atoms with van der Waals surface area (Å²) in [5, 5.41) is 0. The number of amides is 1. The van der Waals surface area contributed by atoms with Crippen LogP contribution in [0.25, 0.3) is 0 Å².